The van der Waals surface area contributed by atoms with Crippen LogP contribution in [0.25, 0.3) is 0 Å². The second kappa shape index (κ2) is 1.60. The van der Waals surface area contributed by atoms with Crippen molar-refractivity contribution in [3.8, 4) is 0 Å². The summed E-state index contributed by atoms with van der Waals surface area (Å²) < 4.78 is 0. The maximum atomic E-state index is 9.19. The average molecular weight is 124 g/mol. The van der Waals surface area contributed by atoms with Crippen LogP contribution >= 0.6 is 0 Å². The lowest BCUT2D eigenvalue weighted by atomic mass is 9.74. The van der Waals surface area contributed by atoms with E-state index in [0.29, 0.717) is 5.92 Å². The minimum absolute atomic E-state index is 0.00856. The molecule has 0 aliphatic heterocycles. The fraction of sp³-hybridized carbons (Fsp3) is 0.750. The number of fused-ring (bicyclic) bond motifs is 1. The van der Waals surface area contributed by atoms with E-state index in [1.807, 2.05) is 0 Å². The van der Waals surface area contributed by atoms with Crippen molar-refractivity contribution in [2.45, 2.75) is 25.4 Å². The second-order valence-electron chi connectivity index (χ2n) is 3.39. The topological polar surface area (TPSA) is 20.2 Å². The second-order valence-corrected chi connectivity index (χ2v) is 3.39. The quantitative estimate of drug-likeness (QED) is 0.483. The van der Waals surface area contributed by atoms with Crippen molar-refractivity contribution in [3.05, 3.63) is 12.2 Å². The highest BCUT2D eigenvalue weighted by Gasteiger charge is 2.43. The summed E-state index contributed by atoms with van der Waals surface area (Å²) in [5, 5.41) is 9.19. The third kappa shape index (κ3) is 0.645. The minimum atomic E-state index is 0.00856. The zero-order valence-electron chi connectivity index (χ0n) is 5.51. The predicted molar refractivity (Wildman–Crippen MR) is 36.0 cm³/mol. The van der Waals surface area contributed by atoms with Crippen LogP contribution in [0.1, 0.15) is 19.3 Å². The van der Waals surface area contributed by atoms with E-state index >= 15 is 0 Å². The van der Waals surface area contributed by atoms with Crippen LogP contribution < -0.4 is 0 Å². The Labute approximate surface area is 55.4 Å². The molecular weight excluding hydrogens is 112 g/mol. The Hall–Kier alpha value is -0.300. The van der Waals surface area contributed by atoms with E-state index in [0.717, 1.165) is 18.8 Å². The molecule has 2 aliphatic carbocycles. The van der Waals surface area contributed by atoms with Crippen LogP contribution in [0.2, 0.25) is 0 Å². The molecule has 1 heteroatoms. The van der Waals surface area contributed by atoms with Gasteiger partial charge in [0.15, 0.2) is 0 Å². The summed E-state index contributed by atoms with van der Waals surface area (Å²) >= 11 is 0. The van der Waals surface area contributed by atoms with Crippen molar-refractivity contribution in [1.82, 2.24) is 0 Å². The van der Waals surface area contributed by atoms with E-state index in [-0.39, 0.29) is 6.10 Å². The summed E-state index contributed by atoms with van der Waals surface area (Å²) in [6, 6.07) is 0. The first-order chi connectivity index (χ1) is 4.27. The molecule has 2 saturated carbocycles. The third-order valence-corrected chi connectivity index (χ3v) is 2.72. The van der Waals surface area contributed by atoms with E-state index in [2.05, 4.69) is 6.58 Å². The zero-order chi connectivity index (χ0) is 6.43. The van der Waals surface area contributed by atoms with Crippen LogP contribution in [-0.2, 0) is 0 Å². The number of rotatable bonds is 0. The molecule has 0 saturated heterocycles. The monoisotopic (exact) mass is 124 g/mol. The molecule has 2 aliphatic rings. The van der Waals surface area contributed by atoms with Gasteiger partial charge in [-0.2, -0.15) is 0 Å². The number of hydrogen-bond acceptors (Lipinski definition) is 1. The average Bonchev–Trinajstić information content (AvgIpc) is 2.08. The van der Waals surface area contributed by atoms with Gasteiger partial charge in [0.1, 0.15) is 0 Å². The van der Waals surface area contributed by atoms with Crippen molar-refractivity contribution in [1.29, 1.82) is 0 Å². The predicted octanol–water partition coefficient (Wildman–Crippen LogP) is 1.33. The van der Waals surface area contributed by atoms with Crippen LogP contribution in [0.4, 0.5) is 0 Å². The molecule has 0 aromatic carbocycles. The number of allylic oxidation sites excluding steroid dienone is 1. The Kier molecular flexibility index (Phi) is 0.974. The maximum Gasteiger partial charge on any atom is 0.0577 e. The third-order valence-electron chi connectivity index (χ3n) is 2.72. The Morgan fingerprint density at radius 2 is 2.22 bits per heavy atom. The highest BCUT2D eigenvalue weighted by Crippen LogP contribution is 2.48. The number of hydrogen-bond donors (Lipinski definition) is 1. The maximum absolute atomic E-state index is 9.19. The van der Waals surface area contributed by atoms with Gasteiger partial charge in [0.2, 0.25) is 0 Å². The molecule has 1 nitrogen and oxygen atoms in total. The van der Waals surface area contributed by atoms with Gasteiger partial charge < -0.3 is 5.11 Å². The van der Waals surface area contributed by atoms with Crippen molar-refractivity contribution in [2.75, 3.05) is 0 Å². The molecule has 0 heterocycles. The summed E-state index contributed by atoms with van der Waals surface area (Å²) in [5.74, 6) is 1.39. The van der Waals surface area contributed by atoms with Crippen LogP contribution in [-0.4, -0.2) is 11.2 Å². The van der Waals surface area contributed by atoms with E-state index in [9.17, 15) is 5.11 Å². The first-order valence-corrected chi connectivity index (χ1v) is 3.62. The van der Waals surface area contributed by atoms with Crippen LogP contribution in [0.3, 0.4) is 0 Å². The van der Waals surface area contributed by atoms with Gasteiger partial charge in [0.05, 0.1) is 6.10 Å². The Balaban J connectivity index is 2.08. The van der Waals surface area contributed by atoms with E-state index in [1.165, 1.54) is 12.0 Å². The molecule has 0 amide bonds. The van der Waals surface area contributed by atoms with Gasteiger partial charge in [-0.1, -0.05) is 12.2 Å². The molecule has 3 atom stereocenters. The van der Waals surface area contributed by atoms with E-state index in [4.69, 9.17) is 0 Å². The molecule has 0 aromatic heterocycles. The smallest absolute Gasteiger partial charge is 0.0577 e. The van der Waals surface area contributed by atoms with Gasteiger partial charge >= 0.3 is 0 Å². The summed E-state index contributed by atoms with van der Waals surface area (Å²) in [4.78, 5) is 0. The summed E-state index contributed by atoms with van der Waals surface area (Å²) in [7, 11) is 0. The van der Waals surface area contributed by atoms with Crippen LogP contribution in [0, 0.1) is 11.8 Å². The first-order valence-electron chi connectivity index (χ1n) is 3.62. The molecule has 2 fully saturated rings. The highest BCUT2D eigenvalue weighted by molar-refractivity contribution is 5.12. The lowest BCUT2D eigenvalue weighted by Crippen LogP contribution is -2.37. The number of aliphatic hydroxyl groups excluding tert-OH is 1. The van der Waals surface area contributed by atoms with Gasteiger partial charge in [-0.05, 0) is 31.1 Å². The summed E-state index contributed by atoms with van der Waals surface area (Å²) in [5.41, 5.74) is 1.35. The van der Waals surface area contributed by atoms with Crippen LogP contribution in [0.5, 0.6) is 0 Å². The molecule has 0 aromatic rings. The zero-order valence-corrected chi connectivity index (χ0v) is 5.51. The highest BCUT2D eigenvalue weighted by atomic mass is 16.3. The van der Waals surface area contributed by atoms with Gasteiger partial charge in [0.25, 0.3) is 0 Å². The summed E-state index contributed by atoms with van der Waals surface area (Å²) in [6.45, 7) is 3.92. The van der Waals surface area contributed by atoms with Crippen molar-refractivity contribution in [3.63, 3.8) is 0 Å². The van der Waals surface area contributed by atoms with Crippen molar-refractivity contribution >= 4 is 0 Å². The Morgan fingerprint density at radius 3 is 2.67 bits per heavy atom. The molecule has 0 radical (unpaired) electrons. The fourth-order valence-electron chi connectivity index (χ4n) is 2.10. The molecule has 9 heavy (non-hydrogen) atoms. The van der Waals surface area contributed by atoms with E-state index in [1.54, 1.807) is 0 Å². The normalized spacial score (nSPS) is 48.6. The summed E-state index contributed by atoms with van der Waals surface area (Å²) in [6.07, 6.45) is 3.31. The lowest BCUT2D eigenvalue weighted by Gasteiger charge is -2.35. The van der Waals surface area contributed by atoms with Crippen LogP contribution in [0.15, 0.2) is 12.2 Å². The molecule has 0 spiro atoms. The van der Waals surface area contributed by atoms with Gasteiger partial charge in [-0.15, -0.1) is 0 Å². The molecular formula is C8H12O. The molecule has 3 unspecified atom stereocenters. The Morgan fingerprint density at radius 1 is 1.44 bits per heavy atom. The largest absolute Gasteiger partial charge is 0.393 e. The first kappa shape index (κ1) is 5.48. The van der Waals surface area contributed by atoms with Gasteiger partial charge in [0, 0.05) is 0 Å². The molecule has 0 bridgehead atoms. The minimum Gasteiger partial charge on any atom is -0.393 e. The van der Waals surface area contributed by atoms with Gasteiger partial charge in [-0.3, -0.25) is 0 Å². The molecule has 50 valence electrons. The SMILES string of the molecule is C=C1CC2CC(O)C2C1. The van der Waals surface area contributed by atoms with E-state index < -0.39 is 0 Å². The number of aliphatic hydroxyl groups is 1. The lowest BCUT2D eigenvalue weighted by molar-refractivity contribution is -0.0144. The molecule has 2 rings (SSSR count). The standard InChI is InChI=1S/C8H12O/c1-5-2-6-4-8(9)7(6)3-5/h6-9H,1-4H2. The van der Waals surface area contributed by atoms with Crippen molar-refractivity contribution < 1.29 is 5.11 Å². The fourth-order valence-corrected chi connectivity index (χ4v) is 2.10. The Bertz CT molecular complexity index is 151. The van der Waals surface area contributed by atoms with Gasteiger partial charge in [-0.25, -0.2) is 0 Å². The molecule has 1 N–H and O–H groups in total. The van der Waals surface area contributed by atoms with Crippen molar-refractivity contribution in [2.24, 2.45) is 11.8 Å².